The van der Waals surface area contributed by atoms with Gasteiger partial charge < -0.3 is 5.11 Å². The monoisotopic (exact) mass is 401 g/mol. The van der Waals surface area contributed by atoms with E-state index in [1.54, 1.807) is 6.07 Å². The average molecular weight is 402 g/mol. The Morgan fingerprint density at radius 2 is 1.50 bits per heavy atom. The van der Waals surface area contributed by atoms with Gasteiger partial charge in [0, 0.05) is 23.3 Å². The van der Waals surface area contributed by atoms with Crippen LogP contribution in [0.5, 0.6) is 5.75 Å². The molecule has 1 saturated carbocycles. The van der Waals surface area contributed by atoms with Gasteiger partial charge in [0.15, 0.2) is 5.78 Å². The Morgan fingerprint density at radius 3 is 2.20 bits per heavy atom. The van der Waals surface area contributed by atoms with Gasteiger partial charge in [-0.2, -0.15) is 0 Å². The predicted molar refractivity (Wildman–Crippen MR) is 123 cm³/mol. The molecule has 2 fully saturated rings. The molecule has 0 aromatic heterocycles. The second-order valence-corrected chi connectivity index (χ2v) is 8.66. The fraction of sp³-hybridized carbons (Fsp3) is 0.370. The first-order chi connectivity index (χ1) is 14.6. The molecule has 3 heteroatoms. The highest BCUT2D eigenvalue weighted by Crippen LogP contribution is 2.29. The van der Waals surface area contributed by atoms with E-state index in [9.17, 15) is 9.90 Å². The molecule has 2 aromatic carbocycles. The minimum Gasteiger partial charge on any atom is -0.508 e. The summed E-state index contributed by atoms with van der Waals surface area (Å²) in [6, 6.07) is 14.0. The highest BCUT2D eigenvalue weighted by atomic mass is 16.3. The van der Waals surface area contributed by atoms with Gasteiger partial charge in [0.25, 0.3) is 0 Å². The number of hydrogen-bond acceptors (Lipinski definition) is 3. The van der Waals surface area contributed by atoms with Gasteiger partial charge in [-0.05, 0) is 87.5 Å². The summed E-state index contributed by atoms with van der Waals surface area (Å²) in [6.45, 7) is 5.03. The van der Waals surface area contributed by atoms with Crippen LogP contribution < -0.4 is 0 Å². The molecule has 2 aromatic rings. The van der Waals surface area contributed by atoms with E-state index in [-0.39, 0.29) is 5.78 Å². The van der Waals surface area contributed by atoms with Gasteiger partial charge in [0.05, 0.1) is 0 Å². The van der Waals surface area contributed by atoms with Crippen molar-refractivity contribution in [2.24, 2.45) is 0 Å². The highest BCUT2D eigenvalue weighted by Gasteiger charge is 2.21. The van der Waals surface area contributed by atoms with Crippen LogP contribution in [0.15, 0.2) is 53.6 Å². The summed E-state index contributed by atoms with van der Waals surface area (Å²) in [5, 5.41) is 10.3. The maximum absolute atomic E-state index is 13.1. The van der Waals surface area contributed by atoms with Crippen molar-refractivity contribution in [3.8, 4) is 5.75 Å². The van der Waals surface area contributed by atoms with Gasteiger partial charge >= 0.3 is 0 Å². The number of Topliss-reactive ketones (excluding diaryl/α,β-unsaturated/α-hetero) is 1. The van der Waals surface area contributed by atoms with Crippen molar-refractivity contribution in [3.63, 3.8) is 0 Å². The van der Waals surface area contributed by atoms with Crippen molar-refractivity contribution < 1.29 is 9.90 Å². The van der Waals surface area contributed by atoms with Crippen molar-refractivity contribution >= 4 is 17.9 Å². The third kappa shape index (κ3) is 5.09. The Morgan fingerprint density at radius 1 is 0.867 bits per heavy atom. The number of benzene rings is 2. The smallest absolute Gasteiger partial charge is 0.185 e. The topological polar surface area (TPSA) is 40.5 Å². The number of aryl methyl sites for hydroxylation is 1. The van der Waals surface area contributed by atoms with Gasteiger partial charge in [-0.25, -0.2) is 0 Å². The number of hydrogen-bond donors (Lipinski definition) is 1. The van der Waals surface area contributed by atoms with Crippen molar-refractivity contribution in [3.05, 3.63) is 75.9 Å². The fourth-order valence-corrected chi connectivity index (χ4v) is 4.42. The maximum Gasteiger partial charge on any atom is 0.185 e. The van der Waals surface area contributed by atoms with Crippen LogP contribution in [-0.2, 0) is 11.3 Å². The van der Waals surface area contributed by atoms with E-state index < -0.39 is 0 Å². The van der Waals surface area contributed by atoms with Gasteiger partial charge in [-0.15, -0.1) is 0 Å². The third-order valence-electron chi connectivity index (χ3n) is 6.18. The number of phenolic OH excluding ortho intramolecular Hbond substituents is 1. The lowest BCUT2D eigenvalue weighted by molar-refractivity contribution is -0.112. The number of ketones is 1. The Hall–Kier alpha value is -2.65. The number of allylic oxidation sites excluding steroid dienone is 2. The van der Waals surface area contributed by atoms with E-state index in [0.29, 0.717) is 5.75 Å². The SMILES string of the molecule is Cc1ccc(/C=C2\CCC/C(=C/c3ccc(O)c(CN4CCCCC4)c3)C2=O)cc1. The van der Waals surface area contributed by atoms with Crippen LogP contribution in [0.25, 0.3) is 12.2 Å². The molecule has 1 N–H and O–H groups in total. The lowest BCUT2D eigenvalue weighted by Gasteiger charge is -2.26. The minimum atomic E-state index is 0.160. The second-order valence-electron chi connectivity index (χ2n) is 8.66. The predicted octanol–water partition coefficient (Wildman–Crippen LogP) is 5.91. The first kappa shape index (κ1) is 20.6. The Labute approximate surface area is 179 Å². The number of piperidine rings is 1. The summed E-state index contributed by atoms with van der Waals surface area (Å²) in [5.41, 5.74) is 6.02. The molecule has 0 spiro atoms. The Balaban J connectivity index is 1.54. The molecule has 156 valence electrons. The molecule has 2 aliphatic rings. The molecule has 0 unspecified atom stereocenters. The summed E-state index contributed by atoms with van der Waals surface area (Å²) in [5.74, 6) is 0.505. The summed E-state index contributed by atoms with van der Waals surface area (Å²) in [6.07, 6.45) is 10.5. The van der Waals surface area contributed by atoms with Crippen LogP contribution in [0, 0.1) is 6.92 Å². The zero-order chi connectivity index (χ0) is 20.9. The van der Waals surface area contributed by atoms with Crippen LogP contribution >= 0.6 is 0 Å². The summed E-state index contributed by atoms with van der Waals surface area (Å²) in [7, 11) is 0. The number of carbonyl (C=O) groups excluding carboxylic acids is 1. The summed E-state index contributed by atoms with van der Waals surface area (Å²) in [4.78, 5) is 15.5. The van der Waals surface area contributed by atoms with E-state index in [0.717, 1.165) is 66.7 Å². The molecule has 1 aliphatic heterocycles. The first-order valence-electron chi connectivity index (χ1n) is 11.2. The average Bonchev–Trinajstić information content (AvgIpc) is 2.76. The van der Waals surface area contributed by atoms with Crippen LogP contribution in [0.4, 0.5) is 0 Å². The zero-order valence-corrected chi connectivity index (χ0v) is 17.9. The lowest BCUT2D eigenvalue weighted by Crippen LogP contribution is -2.29. The number of rotatable bonds is 4. The molecule has 3 nitrogen and oxygen atoms in total. The summed E-state index contributed by atoms with van der Waals surface area (Å²) >= 11 is 0. The van der Waals surface area contributed by atoms with Crippen LogP contribution in [-0.4, -0.2) is 28.9 Å². The summed E-state index contributed by atoms with van der Waals surface area (Å²) < 4.78 is 0. The number of likely N-dealkylation sites (tertiary alicyclic amines) is 1. The number of nitrogens with zero attached hydrogens (tertiary/aromatic N) is 1. The van der Waals surface area contributed by atoms with Crippen molar-refractivity contribution in [1.29, 1.82) is 0 Å². The molecule has 1 heterocycles. The van der Waals surface area contributed by atoms with Crippen molar-refractivity contribution in [2.45, 2.75) is 52.0 Å². The zero-order valence-electron chi connectivity index (χ0n) is 17.9. The van der Waals surface area contributed by atoms with Gasteiger partial charge in [0.2, 0.25) is 0 Å². The van der Waals surface area contributed by atoms with E-state index >= 15 is 0 Å². The fourth-order valence-electron chi connectivity index (χ4n) is 4.42. The molecular weight excluding hydrogens is 370 g/mol. The number of phenols is 1. The lowest BCUT2D eigenvalue weighted by atomic mass is 9.86. The number of aromatic hydroxyl groups is 1. The molecule has 0 bridgehead atoms. The van der Waals surface area contributed by atoms with Crippen LogP contribution in [0.1, 0.15) is 60.8 Å². The van der Waals surface area contributed by atoms with Gasteiger partial charge in [-0.3, -0.25) is 9.69 Å². The Bertz CT molecular complexity index is 963. The first-order valence-corrected chi connectivity index (χ1v) is 11.2. The maximum atomic E-state index is 13.1. The molecule has 4 rings (SSSR count). The molecule has 1 saturated heterocycles. The Kier molecular flexibility index (Phi) is 6.49. The highest BCUT2D eigenvalue weighted by molar-refractivity contribution is 6.13. The normalized spacial score (nSPS) is 20.8. The standard InChI is InChI=1S/C27H31NO2/c1-20-8-10-21(11-9-20)16-23-6-5-7-24(27(23)30)17-22-12-13-26(29)25(18-22)19-28-14-3-2-4-15-28/h8-13,16-18,29H,2-7,14-15,19H2,1H3/b23-16+,24-17-. The van der Waals surface area contributed by atoms with Crippen LogP contribution in [0.2, 0.25) is 0 Å². The van der Waals surface area contributed by atoms with Gasteiger partial charge in [0.1, 0.15) is 5.75 Å². The second kappa shape index (κ2) is 9.44. The molecular formula is C27H31NO2. The number of carbonyl (C=O) groups is 1. The third-order valence-corrected chi connectivity index (χ3v) is 6.18. The van der Waals surface area contributed by atoms with Gasteiger partial charge in [-0.1, -0.05) is 42.3 Å². The van der Waals surface area contributed by atoms with E-state index in [1.807, 2.05) is 24.3 Å². The minimum absolute atomic E-state index is 0.160. The van der Waals surface area contributed by atoms with Crippen molar-refractivity contribution in [2.75, 3.05) is 13.1 Å². The van der Waals surface area contributed by atoms with Crippen molar-refractivity contribution in [1.82, 2.24) is 4.90 Å². The van der Waals surface area contributed by atoms with E-state index in [4.69, 9.17) is 0 Å². The largest absolute Gasteiger partial charge is 0.508 e. The molecule has 0 atom stereocenters. The molecule has 1 aliphatic carbocycles. The molecule has 0 amide bonds. The van der Waals surface area contributed by atoms with E-state index in [2.05, 4.69) is 36.1 Å². The quantitative estimate of drug-likeness (QED) is 0.648. The molecule has 30 heavy (non-hydrogen) atoms. The van der Waals surface area contributed by atoms with E-state index in [1.165, 1.54) is 24.8 Å². The van der Waals surface area contributed by atoms with Crippen LogP contribution in [0.3, 0.4) is 0 Å². The molecule has 0 radical (unpaired) electrons.